The average molecular weight is 412 g/mol. The summed E-state index contributed by atoms with van der Waals surface area (Å²) in [6.07, 6.45) is 3.51. The number of phenolic OH excluding ortho intramolecular Hbond substituents is 1. The molecule has 5 nitrogen and oxygen atoms in total. The summed E-state index contributed by atoms with van der Waals surface area (Å²) in [4.78, 5) is 9.33. The van der Waals surface area contributed by atoms with Crippen LogP contribution in [-0.2, 0) is 0 Å². The van der Waals surface area contributed by atoms with E-state index < -0.39 is 0 Å². The van der Waals surface area contributed by atoms with Crippen molar-refractivity contribution in [3.8, 4) is 22.8 Å². The van der Waals surface area contributed by atoms with Crippen LogP contribution < -0.4 is 4.74 Å². The number of nitrogens with zero attached hydrogens (tertiary/aromatic N) is 3. The zero-order valence-electron chi connectivity index (χ0n) is 14.8. The molecule has 0 aliphatic carbocycles. The number of halogens is 2. The molecule has 0 amide bonds. The average Bonchev–Trinajstić information content (AvgIpc) is 3.07. The second-order valence-corrected chi connectivity index (χ2v) is 6.81. The molecule has 2 heterocycles. The largest absolute Gasteiger partial charge is 0.504 e. The normalized spacial score (nSPS) is 11.4. The lowest BCUT2D eigenvalue weighted by atomic mass is 10.1. The quantitative estimate of drug-likeness (QED) is 0.433. The monoisotopic (exact) mass is 411 g/mol. The number of hydrogen-bond acceptors (Lipinski definition) is 4. The third-order valence-corrected chi connectivity index (χ3v) is 4.93. The summed E-state index contributed by atoms with van der Waals surface area (Å²) in [7, 11) is 1.50. The van der Waals surface area contributed by atoms with Crippen LogP contribution in [0.4, 0.5) is 5.82 Å². The van der Waals surface area contributed by atoms with Crippen LogP contribution in [-0.4, -0.2) is 27.8 Å². The zero-order valence-corrected chi connectivity index (χ0v) is 16.3. The van der Waals surface area contributed by atoms with E-state index in [2.05, 4.69) is 4.99 Å². The molecule has 0 saturated carbocycles. The molecular formula is C21H15Cl2N3O2. The lowest BCUT2D eigenvalue weighted by Crippen LogP contribution is -1.88. The number of fused-ring (bicyclic) bond motifs is 1. The van der Waals surface area contributed by atoms with Gasteiger partial charge in [0.05, 0.1) is 17.2 Å². The summed E-state index contributed by atoms with van der Waals surface area (Å²) in [6, 6.07) is 16.0. The number of pyridine rings is 1. The highest BCUT2D eigenvalue weighted by molar-refractivity contribution is 6.38. The van der Waals surface area contributed by atoms with Crippen LogP contribution in [0.1, 0.15) is 5.56 Å². The van der Waals surface area contributed by atoms with Gasteiger partial charge in [-0.05, 0) is 42.5 Å². The van der Waals surface area contributed by atoms with E-state index in [4.69, 9.17) is 32.9 Å². The number of benzene rings is 2. The first-order chi connectivity index (χ1) is 13.6. The molecule has 2 aromatic heterocycles. The second-order valence-electron chi connectivity index (χ2n) is 5.99. The number of phenols is 1. The Morgan fingerprint density at radius 1 is 1.07 bits per heavy atom. The van der Waals surface area contributed by atoms with Crippen molar-refractivity contribution in [1.29, 1.82) is 0 Å². The highest BCUT2D eigenvalue weighted by Crippen LogP contribution is 2.36. The molecule has 1 N–H and O–H groups in total. The van der Waals surface area contributed by atoms with Gasteiger partial charge in [0.1, 0.15) is 11.3 Å². The van der Waals surface area contributed by atoms with Crippen LogP contribution in [0, 0.1) is 0 Å². The van der Waals surface area contributed by atoms with Crippen molar-refractivity contribution in [1.82, 2.24) is 9.38 Å². The lowest BCUT2D eigenvalue weighted by Gasteiger charge is -2.06. The molecule has 0 unspecified atom stereocenters. The molecule has 0 radical (unpaired) electrons. The van der Waals surface area contributed by atoms with Crippen molar-refractivity contribution in [2.24, 2.45) is 4.99 Å². The number of imidazole rings is 1. The molecule has 4 rings (SSSR count). The van der Waals surface area contributed by atoms with Crippen LogP contribution in [0.15, 0.2) is 65.8 Å². The summed E-state index contributed by atoms with van der Waals surface area (Å²) >= 11 is 12.5. The van der Waals surface area contributed by atoms with E-state index in [1.54, 1.807) is 42.6 Å². The molecule has 0 bridgehead atoms. The van der Waals surface area contributed by atoms with E-state index >= 15 is 0 Å². The van der Waals surface area contributed by atoms with Gasteiger partial charge in [-0.1, -0.05) is 35.3 Å². The first-order valence-corrected chi connectivity index (χ1v) is 9.16. The Kier molecular flexibility index (Phi) is 4.94. The van der Waals surface area contributed by atoms with Crippen molar-refractivity contribution < 1.29 is 9.84 Å². The van der Waals surface area contributed by atoms with E-state index in [1.165, 1.54) is 7.11 Å². The van der Waals surface area contributed by atoms with E-state index in [-0.39, 0.29) is 5.75 Å². The highest BCUT2D eigenvalue weighted by atomic mass is 35.5. The Hall–Kier alpha value is -3.02. The Balaban J connectivity index is 1.90. The predicted molar refractivity (Wildman–Crippen MR) is 113 cm³/mol. The number of hydrogen-bond donors (Lipinski definition) is 1. The first-order valence-electron chi connectivity index (χ1n) is 8.41. The number of methoxy groups -OCH3 is 1. The maximum Gasteiger partial charge on any atom is 0.165 e. The smallest absolute Gasteiger partial charge is 0.165 e. The van der Waals surface area contributed by atoms with E-state index in [0.29, 0.717) is 32.9 Å². The van der Waals surface area contributed by atoms with Crippen molar-refractivity contribution in [3.63, 3.8) is 0 Å². The molecule has 7 heteroatoms. The van der Waals surface area contributed by atoms with Gasteiger partial charge >= 0.3 is 0 Å². The van der Waals surface area contributed by atoms with Gasteiger partial charge in [-0.15, -0.1) is 0 Å². The van der Waals surface area contributed by atoms with Crippen molar-refractivity contribution in [2.45, 2.75) is 0 Å². The molecule has 140 valence electrons. The lowest BCUT2D eigenvalue weighted by molar-refractivity contribution is 0.373. The molecule has 0 aliphatic heterocycles. The van der Waals surface area contributed by atoms with Gasteiger partial charge < -0.3 is 9.84 Å². The van der Waals surface area contributed by atoms with E-state index in [1.807, 2.05) is 28.8 Å². The van der Waals surface area contributed by atoms with Crippen LogP contribution in [0.5, 0.6) is 11.5 Å². The molecule has 0 aliphatic rings. The van der Waals surface area contributed by atoms with Crippen LogP contribution in [0.2, 0.25) is 10.0 Å². The number of aromatic nitrogens is 2. The fourth-order valence-corrected chi connectivity index (χ4v) is 3.38. The summed E-state index contributed by atoms with van der Waals surface area (Å²) < 4.78 is 7.09. The fraction of sp³-hybridized carbons (Fsp3) is 0.0476. The number of rotatable bonds is 4. The molecule has 0 atom stereocenters. The number of aliphatic imine (C=N–C) groups is 1. The minimum absolute atomic E-state index is 0.0583. The Labute approximate surface area is 171 Å². The highest BCUT2D eigenvalue weighted by Gasteiger charge is 2.15. The molecule has 0 fully saturated rings. The molecule has 0 saturated heterocycles. The second kappa shape index (κ2) is 7.54. The minimum atomic E-state index is 0.0583. The maximum absolute atomic E-state index is 9.89. The Bertz CT molecular complexity index is 1180. The standard InChI is InChI=1S/C21H15Cl2N3O2/c1-28-18-11-13(8-9-17(18)27)20-21(26-10-3-2-7-19(26)25-20)24-12-14-15(22)5-4-6-16(14)23/h2-12,27H,1H3/b24-12+. The van der Waals surface area contributed by atoms with E-state index in [9.17, 15) is 5.11 Å². The van der Waals surface area contributed by atoms with Crippen molar-refractivity contribution in [2.75, 3.05) is 7.11 Å². The van der Waals surface area contributed by atoms with Crippen molar-refractivity contribution >= 4 is 40.9 Å². The van der Waals surface area contributed by atoms with Crippen LogP contribution in [0.3, 0.4) is 0 Å². The van der Waals surface area contributed by atoms with Gasteiger partial charge in [0.2, 0.25) is 0 Å². The third-order valence-electron chi connectivity index (χ3n) is 4.27. The fourth-order valence-electron chi connectivity index (χ4n) is 2.88. The molecule has 0 spiro atoms. The van der Waals surface area contributed by atoms with Gasteiger partial charge in [0.25, 0.3) is 0 Å². The zero-order chi connectivity index (χ0) is 19.7. The van der Waals surface area contributed by atoms with Gasteiger partial charge in [-0.25, -0.2) is 9.98 Å². The molecule has 4 aromatic rings. The van der Waals surface area contributed by atoms with Gasteiger partial charge in [-0.3, -0.25) is 4.40 Å². The minimum Gasteiger partial charge on any atom is -0.504 e. The first kappa shape index (κ1) is 18.3. The van der Waals surface area contributed by atoms with Crippen molar-refractivity contribution in [3.05, 3.63) is 76.4 Å². The molecular weight excluding hydrogens is 397 g/mol. The van der Waals surface area contributed by atoms with Gasteiger partial charge in [0.15, 0.2) is 17.3 Å². The van der Waals surface area contributed by atoms with Gasteiger partial charge in [0, 0.05) is 23.5 Å². The Morgan fingerprint density at radius 2 is 1.86 bits per heavy atom. The topological polar surface area (TPSA) is 59.1 Å². The maximum atomic E-state index is 9.89. The van der Waals surface area contributed by atoms with Crippen LogP contribution >= 0.6 is 23.2 Å². The van der Waals surface area contributed by atoms with E-state index in [0.717, 1.165) is 11.2 Å². The van der Waals surface area contributed by atoms with Crippen LogP contribution in [0.25, 0.3) is 16.9 Å². The van der Waals surface area contributed by atoms with Gasteiger partial charge in [-0.2, -0.15) is 0 Å². The third kappa shape index (κ3) is 3.30. The summed E-state index contributed by atoms with van der Waals surface area (Å²) in [6.45, 7) is 0. The number of ether oxygens (including phenoxy) is 1. The molecule has 2 aromatic carbocycles. The molecule has 28 heavy (non-hydrogen) atoms. The summed E-state index contributed by atoms with van der Waals surface area (Å²) in [5, 5.41) is 10.9. The summed E-state index contributed by atoms with van der Waals surface area (Å²) in [5.74, 6) is 1.03. The SMILES string of the molecule is COc1cc(-c2nc3ccccn3c2/N=C/c2c(Cl)cccc2Cl)ccc1O. The number of aromatic hydroxyl groups is 1. The predicted octanol–water partition coefficient (Wildman–Crippen LogP) is 5.77. The Morgan fingerprint density at radius 3 is 2.61 bits per heavy atom. The summed E-state index contributed by atoms with van der Waals surface area (Å²) in [5.41, 5.74) is 2.77.